The lowest BCUT2D eigenvalue weighted by atomic mass is 10.1. The summed E-state index contributed by atoms with van der Waals surface area (Å²) in [5.74, 6) is -1.33. The molecule has 10 nitrogen and oxygen atoms in total. The van der Waals surface area contributed by atoms with E-state index in [9.17, 15) is 31.3 Å². The van der Waals surface area contributed by atoms with Crippen LogP contribution in [0.4, 0.5) is 22.0 Å². The fourth-order valence-electron chi connectivity index (χ4n) is 2.49. The highest BCUT2D eigenvalue weighted by Crippen LogP contribution is 2.63. The molecule has 1 unspecified atom stereocenters. The highest BCUT2D eigenvalue weighted by atomic mass is 79.9. The summed E-state index contributed by atoms with van der Waals surface area (Å²) in [6.07, 6.45) is -7.81. The lowest BCUT2D eigenvalue weighted by Gasteiger charge is -2.24. The van der Waals surface area contributed by atoms with Gasteiger partial charge in [-0.2, -0.15) is 22.0 Å². The zero-order valence-electron chi connectivity index (χ0n) is 22.1. The van der Waals surface area contributed by atoms with E-state index in [1.54, 1.807) is 20.8 Å². The second-order valence-electron chi connectivity index (χ2n) is 10.3. The van der Waals surface area contributed by atoms with Crippen LogP contribution in [0, 0.1) is 0 Å². The third-order valence-corrected chi connectivity index (χ3v) is 7.69. The van der Waals surface area contributed by atoms with E-state index in [1.807, 2.05) is 0 Å². The monoisotopic (exact) mass is 689 g/mol. The molecular weight excluding hydrogens is 660 g/mol. The van der Waals surface area contributed by atoms with Crippen molar-refractivity contribution < 1.29 is 65.8 Å². The predicted molar refractivity (Wildman–Crippen MR) is 139 cm³/mol. The molecule has 2 rings (SSSR count). The number of amides is 1. The molecule has 0 aliphatic carbocycles. The van der Waals surface area contributed by atoms with Crippen molar-refractivity contribution >= 4 is 50.9 Å². The number of carbonyl (C=O) groups is 1. The predicted octanol–water partition coefficient (Wildman–Crippen LogP) is 6.71. The van der Waals surface area contributed by atoms with E-state index in [2.05, 4.69) is 20.8 Å². The van der Waals surface area contributed by atoms with E-state index in [4.69, 9.17) is 35.3 Å². The maximum atomic E-state index is 14.4. The van der Waals surface area contributed by atoms with Crippen molar-refractivity contribution in [2.75, 3.05) is 6.61 Å². The molecule has 5 N–H and O–H groups in total. The third-order valence-electron chi connectivity index (χ3n) is 4.21. The highest BCUT2D eigenvalue weighted by molar-refractivity contribution is 9.10. The number of primary amides is 1. The van der Waals surface area contributed by atoms with Crippen molar-refractivity contribution in [1.82, 2.24) is 0 Å². The maximum Gasteiger partial charge on any atom is 0.400 e. The van der Waals surface area contributed by atoms with Gasteiger partial charge in [0.1, 0.15) is 23.3 Å². The molecule has 18 heteroatoms. The molecule has 1 aromatic heterocycles. The topological polar surface area (TPSA) is 158 Å². The number of rotatable bonds is 9. The van der Waals surface area contributed by atoms with Gasteiger partial charge in [0.2, 0.25) is 5.91 Å². The Balaban J connectivity index is 0.00000120. The molecule has 0 radical (unpaired) electrons. The van der Waals surface area contributed by atoms with Gasteiger partial charge in [-0.1, -0.05) is 0 Å². The summed E-state index contributed by atoms with van der Waals surface area (Å²) in [4.78, 5) is 42.5. The number of thiophene rings is 1. The van der Waals surface area contributed by atoms with E-state index in [0.29, 0.717) is 0 Å². The standard InChI is InChI=1S/C18H20BrF5NO7PS.C4H10O2/c1-16(2,3)32-31-9(6-17(20,21)22)7-30-11-5-8(15(25)26)4-10-12(19)14(34-13(10)11)18(23,24)33(27,28)29;1-4(2,3)6-5/h4-5,9H,6-7H2,1-3H3,(H2,25,26)(H2,27,28,29);5H,1-3H3. The van der Waals surface area contributed by atoms with E-state index in [1.165, 1.54) is 20.8 Å². The normalized spacial score (nSPS) is 14.1. The summed E-state index contributed by atoms with van der Waals surface area (Å²) in [6.45, 7) is 9.14. The van der Waals surface area contributed by atoms with Crippen LogP contribution >= 0.6 is 34.9 Å². The second-order valence-corrected chi connectivity index (χ2v) is 13.8. The Kier molecular flexibility index (Phi) is 12.1. The molecule has 2 aromatic rings. The van der Waals surface area contributed by atoms with Crippen molar-refractivity contribution in [3.63, 3.8) is 0 Å². The zero-order chi connectivity index (χ0) is 31.5. The third kappa shape index (κ3) is 11.1. The smallest absolute Gasteiger partial charge is 0.400 e. The number of nitrogens with two attached hydrogens (primary N) is 1. The number of hydrogen-bond acceptors (Lipinski definition) is 8. The Bertz CT molecular complexity index is 1220. The Morgan fingerprint density at radius 2 is 1.60 bits per heavy atom. The van der Waals surface area contributed by atoms with Gasteiger partial charge in [-0.05, 0) is 69.6 Å². The van der Waals surface area contributed by atoms with Crippen molar-refractivity contribution in [3.8, 4) is 5.75 Å². The number of fused-ring (bicyclic) bond motifs is 1. The molecule has 0 aliphatic heterocycles. The second kappa shape index (κ2) is 13.3. The Hall–Kier alpha value is -1.43. The molecule has 0 saturated heterocycles. The summed E-state index contributed by atoms with van der Waals surface area (Å²) >= 11 is 3.08. The van der Waals surface area contributed by atoms with Gasteiger partial charge in [0.15, 0.2) is 0 Å². The molecular formula is C22H30BrF5NO9PS. The number of halogens is 6. The first-order chi connectivity index (χ1) is 17.8. The summed E-state index contributed by atoms with van der Waals surface area (Å²) in [7, 11) is -5.95. The molecule has 0 bridgehead atoms. The average molecular weight is 690 g/mol. The summed E-state index contributed by atoms with van der Waals surface area (Å²) < 4.78 is 83.8. The van der Waals surface area contributed by atoms with E-state index in [-0.39, 0.29) is 32.7 Å². The van der Waals surface area contributed by atoms with E-state index >= 15 is 0 Å². The van der Waals surface area contributed by atoms with Crippen LogP contribution in [-0.2, 0) is 24.9 Å². The van der Waals surface area contributed by atoms with Crippen LogP contribution in [0.1, 0.15) is 63.2 Å². The molecule has 0 spiro atoms. The largest absolute Gasteiger partial charge is 0.489 e. The molecule has 0 aliphatic rings. The number of benzene rings is 1. The van der Waals surface area contributed by atoms with E-state index in [0.717, 1.165) is 12.1 Å². The minimum atomic E-state index is -5.95. The molecule has 1 aromatic carbocycles. The first-order valence-corrected chi connectivity index (χ1v) is 14.4. The molecule has 1 atom stereocenters. The van der Waals surface area contributed by atoms with Crippen molar-refractivity contribution in [2.24, 2.45) is 5.73 Å². The minimum Gasteiger partial charge on any atom is -0.489 e. The Morgan fingerprint density at radius 3 is 2.00 bits per heavy atom. The van der Waals surface area contributed by atoms with Crippen LogP contribution < -0.4 is 10.5 Å². The first kappa shape index (κ1) is 36.6. The van der Waals surface area contributed by atoms with E-state index < -0.39 is 65.0 Å². The molecule has 40 heavy (non-hydrogen) atoms. The van der Waals surface area contributed by atoms with Crippen LogP contribution in [0.5, 0.6) is 5.75 Å². The quantitative estimate of drug-likeness (QED) is 0.0972. The fraction of sp³-hybridized carbons (Fsp3) is 0.591. The van der Waals surface area contributed by atoms with Gasteiger partial charge in [-0.25, -0.2) is 14.7 Å². The lowest BCUT2D eigenvalue weighted by Crippen LogP contribution is -2.32. The Labute approximate surface area is 238 Å². The van der Waals surface area contributed by atoms with Crippen LogP contribution in [0.15, 0.2) is 16.6 Å². The molecule has 1 heterocycles. The van der Waals surface area contributed by atoms with Crippen LogP contribution in [0.2, 0.25) is 0 Å². The van der Waals surface area contributed by atoms with Gasteiger partial charge in [0.05, 0.1) is 22.3 Å². The van der Waals surface area contributed by atoms with Crippen molar-refractivity contribution in [2.45, 2.75) is 77.1 Å². The lowest BCUT2D eigenvalue weighted by molar-refractivity contribution is -0.383. The number of ether oxygens (including phenoxy) is 1. The van der Waals surface area contributed by atoms with Crippen LogP contribution in [0.3, 0.4) is 0 Å². The minimum absolute atomic E-state index is 0.112. The average Bonchev–Trinajstić information content (AvgIpc) is 3.10. The first-order valence-electron chi connectivity index (χ1n) is 11.2. The summed E-state index contributed by atoms with van der Waals surface area (Å²) in [5.41, 5.74) is -0.948. The Morgan fingerprint density at radius 1 is 1.07 bits per heavy atom. The van der Waals surface area contributed by atoms with Gasteiger partial charge in [0, 0.05) is 15.4 Å². The summed E-state index contributed by atoms with van der Waals surface area (Å²) in [5, 5.41) is 7.79. The van der Waals surface area contributed by atoms with Crippen molar-refractivity contribution in [3.05, 3.63) is 27.0 Å². The molecule has 230 valence electrons. The van der Waals surface area contributed by atoms with Crippen LogP contribution in [0.25, 0.3) is 10.1 Å². The number of hydrogen-bond donors (Lipinski definition) is 4. The van der Waals surface area contributed by atoms with Gasteiger partial charge < -0.3 is 20.3 Å². The molecule has 0 fully saturated rings. The van der Waals surface area contributed by atoms with Crippen molar-refractivity contribution in [1.29, 1.82) is 0 Å². The molecule has 0 saturated carbocycles. The fourth-order valence-corrected chi connectivity index (χ4v) is 5.46. The highest BCUT2D eigenvalue weighted by Gasteiger charge is 2.53. The van der Waals surface area contributed by atoms with Gasteiger partial charge in [-0.3, -0.25) is 14.6 Å². The summed E-state index contributed by atoms with van der Waals surface area (Å²) in [6, 6.07) is 2.10. The number of alkyl halides is 5. The van der Waals surface area contributed by atoms with Gasteiger partial charge in [0.25, 0.3) is 0 Å². The zero-order valence-corrected chi connectivity index (χ0v) is 25.4. The van der Waals surface area contributed by atoms with Crippen LogP contribution in [-0.4, -0.2) is 51.0 Å². The molecule has 1 amide bonds. The van der Waals surface area contributed by atoms with Gasteiger partial charge in [-0.15, -0.1) is 11.3 Å². The maximum absolute atomic E-state index is 14.4. The number of carbonyl (C=O) groups excluding carboxylic acids is 1. The van der Waals surface area contributed by atoms with Gasteiger partial charge >= 0.3 is 19.4 Å². The SMILES string of the molecule is CC(C)(C)OO.CC(C)(C)OOC(COc1cc(C(N)=O)cc2c(Br)c(C(F)(F)P(=O)(O)O)sc12)CC(F)(F)F.